The van der Waals surface area contributed by atoms with E-state index >= 15 is 0 Å². The summed E-state index contributed by atoms with van der Waals surface area (Å²) in [4.78, 5) is 58.2. The number of unbranched alkanes of at least 4 members (excludes halogenated alkanes) is 1. The zero-order valence-corrected chi connectivity index (χ0v) is 33.1. The number of benzene rings is 2. The Kier molecular flexibility index (Phi) is 16.9. The van der Waals surface area contributed by atoms with Gasteiger partial charge in [-0.3, -0.25) is 19.2 Å². The molecule has 11 nitrogen and oxygen atoms in total. The number of aliphatic hydroxyl groups excluding tert-OH is 1. The molecule has 1 aliphatic heterocycles. The number of aryl methyl sites for hydroxylation is 3. The van der Waals surface area contributed by atoms with E-state index in [2.05, 4.69) is 39.9 Å². The van der Waals surface area contributed by atoms with Gasteiger partial charge >= 0.3 is 0 Å². The van der Waals surface area contributed by atoms with Crippen molar-refractivity contribution in [3.8, 4) is 10.4 Å². The van der Waals surface area contributed by atoms with Gasteiger partial charge in [-0.2, -0.15) is 0 Å². The molecule has 1 aliphatic rings. The van der Waals surface area contributed by atoms with Crippen LogP contribution in [0.2, 0.25) is 0 Å². The van der Waals surface area contributed by atoms with Crippen molar-refractivity contribution in [3.63, 3.8) is 0 Å². The fourth-order valence-electron chi connectivity index (χ4n) is 6.54. The molecule has 3 aromatic rings. The maximum Gasteiger partial charge on any atom is 0.246 e. The molecule has 0 bridgehead atoms. The lowest BCUT2D eigenvalue weighted by Gasteiger charge is -2.35. The summed E-state index contributed by atoms with van der Waals surface area (Å²) in [6.45, 7) is 7.95. The number of carbonyl (C=O) groups excluding carboxylic acids is 4. The quantitative estimate of drug-likeness (QED) is 0.113. The van der Waals surface area contributed by atoms with Crippen LogP contribution < -0.4 is 22.1 Å². The van der Waals surface area contributed by atoms with Crippen molar-refractivity contribution in [2.45, 2.75) is 123 Å². The van der Waals surface area contributed by atoms with Crippen LogP contribution in [0.5, 0.6) is 0 Å². The highest BCUT2D eigenvalue weighted by molar-refractivity contribution is 7.13. The summed E-state index contributed by atoms with van der Waals surface area (Å²) < 4.78 is 0. The number of thiazole rings is 1. The van der Waals surface area contributed by atoms with E-state index in [1.165, 1.54) is 16.0 Å². The zero-order valence-electron chi connectivity index (χ0n) is 31.4. The van der Waals surface area contributed by atoms with Crippen LogP contribution in [0, 0.1) is 12.3 Å². The summed E-state index contributed by atoms with van der Waals surface area (Å²) >= 11 is 1.58. The van der Waals surface area contributed by atoms with Crippen molar-refractivity contribution in [2.24, 2.45) is 16.9 Å². The lowest BCUT2D eigenvalue weighted by molar-refractivity contribution is -0.144. The van der Waals surface area contributed by atoms with E-state index in [9.17, 15) is 24.3 Å². The van der Waals surface area contributed by atoms with Gasteiger partial charge in [-0.15, -0.1) is 23.7 Å². The molecule has 4 amide bonds. The number of rotatable bonds is 18. The molecule has 1 saturated heterocycles. The number of carbonyl (C=O) groups is 4. The number of nitrogens with one attached hydrogen (secondary N) is 2. The topological polar surface area (TPSA) is 181 Å². The predicted molar refractivity (Wildman–Crippen MR) is 212 cm³/mol. The van der Waals surface area contributed by atoms with Crippen LogP contribution in [0.25, 0.3) is 10.4 Å². The van der Waals surface area contributed by atoms with Crippen molar-refractivity contribution >= 4 is 47.4 Å². The van der Waals surface area contributed by atoms with Gasteiger partial charge in [-0.25, -0.2) is 4.98 Å². The predicted octanol–water partition coefficient (Wildman–Crippen LogP) is 4.98. The van der Waals surface area contributed by atoms with Gasteiger partial charge < -0.3 is 32.1 Å². The molecule has 0 saturated carbocycles. The van der Waals surface area contributed by atoms with Crippen molar-refractivity contribution in [2.75, 3.05) is 6.54 Å². The van der Waals surface area contributed by atoms with Crippen molar-refractivity contribution in [1.82, 2.24) is 20.5 Å². The Morgan fingerprint density at radius 3 is 2.15 bits per heavy atom. The fraction of sp³-hybridized carbons (Fsp3) is 0.525. The van der Waals surface area contributed by atoms with E-state index in [0.29, 0.717) is 19.3 Å². The molecule has 0 radical (unpaired) electrons. The van der Waals surface area contributed by atoms with E-state index < -0.39 is 23.6 Å². The lowest BCUT2D eigenvalue weighted by Crippen LogP contribution is -2.57. The van der Waals surface area contributed by atoms with Crippen LogP contribution in [-0.4, -0.2) is 69.4 Å². The number of nitrogens with two attached hydrogens (primary N) is 2. The number of likely N-dealkylation sites (tertiary alicyclic amines) is 1. The molecule has 0 aliphatic carbocycles. The molecule has 0 unspecified atom stereocenters. The van der Waals surface area contributed by atoms with Gasteiger partial charge in [0.2, 0.25) is 23.6 Å². The molecule has 1 fully saturated rings. The largest absolute Gasteiger partial charge is 0.391 e. The highest BCUT2D eigenvalue weighted by atomic mass is 35.5. The van der Waals surface area contributed by atoms with Crippen LogP contribution in [0.15, 0.2) is 54.0 Å². The smallest absolute Gasteiger partial charge is 0.246 e. The number of hydrogen-bond donors (Lipinski definition) is 5. The lowest BCUT2D eigenvalue weighted by atomic mass is 9.85. The van der Waals surface area contributed by atoms with Gasteiger partial charge in [-0.05, 0) is 79.5 Å². The highest BCUT2D eigenvalue weighted by Gasteiger charge is 2.44. The minimum atomic E-state index is -0.853. The van der Waals surface area contributed by atoms with Crippen molar-refractivity contribution in [3.05, 3.63) is 76.4 Å². The van der Waals surface area contributed by atoms with Gasteiger partial charge in [-0.1, -0.05) is 69.3 Å². The Morgan fingerprint density at radius 1 is 0.943 bits per heavy atom. The Hall–Kier alpha value is -3.84. The van der Waals surface area contributed by atoms with Crippen molar-refractivity contribution in [1.29, 1.82) is 0 Å². The summed E-state index contributed by atoms with van der Waals surface area (Å²) in [6, 6.07) is 14.7. The SMILES string of the molecule is Cc1ncsc1-c1ccc(CNC(=O)[C@@H]2C[C@@H](O)CN2C(=O)[C@@H](NC(=O)CCCCc2ccc(CCC[C@@H](N)CCC(N)=O)cc2)C(C)(C)C)cc1.Cl. The average molecular weight is 769 g/mol. The minimum absolute atomic E-state index is 0. The molecule has 4 rings (SSSR count). The summed E-state index contributed by atoms with van der Waals surface area (Å²) in [6.07, 6.45) is 5.57. The molecule has 13 heteroatoms. The van der Waals surface area contributed by atoms with E-state index in [0.717, 1.165) is 53.8 Å². The zero-order chi connectivity index (χ0) is 37.8. The second-order valence-electron chi connectivity index (χ2n) is 15.1. The first kappa shape index (κ1) is 43.6. The maximum absolute atomic E-state index is 13.9. The fourth-order valence-corrected chi connectivity index (χ4v) is 7.35. The summed E-state index contributed by atoms with van der Waals surface area (Å²) in [7, 11) is 0. The van der Waals surface area contributed by atoms with Crippen LogP contribution in [0.1, 0.15) is 94.5 Å². The van der Waals surface area contributed by atoms with Gasteiger partial charge in [0.25, 0.3) is 0 Å². The van der Waals surface area contributed by atoms with Gasteiger partial charge in [0.1, 0.15) is 12.1 Å². The Labute approximate surface area is 324 Å². The number of amides is 4. The molecule has 290 valence electrons. The third kappa shape index (κ3) is 13.5. The molecule has 0 spiro atoms. The number of aliphatic hydroxyl groups is 1. The van der Waals surface area contributed by atoms with E-state index in [-0.39, 0.29) is 68.0 Å². The molecular formula is C40H57ClN6O5S. The van der Waals surface area contributed by atoms with E-state index in [1.807, 2.05) is 57.5 Å². The molecular weight excluding hydrogens is 712 g/mol. The molecule has 2 heterocycles. The number of aromatic nitrogens is 1. The number of primary amides is 1. The van der Waals surface area contributed by atoms with Crippen LogP contribution in [0.4, 0.5) is 0 Å². The molecule has 7 N–H and O–H groups in total. The normalized spacial score (nSPS) is 16.8. The molecule has 53 heavy (non-hydrogen) atoms. The van der Waals surface area contributed by atoms with E-state index in [1.54, 1.807) is 11.3 Å². The first-order valence-corrected chi connectivity index (χ1v) is 19.3. The Balaban J connectivity index is 0.00000756. The standard InChI is InChI=1S/C40H56N6O5S.ClH/c1-26-36(52-25-44-26)30-18-16-29(17-19-30)23-43-38(50)33-22-32(47)24-46(33)39(51)37(40(2,3)4)45-35(49)11-6-5-8-27-12-14-28(15-13-27)9-7-10-31(41)20-21-34(42)48;/h12-19,25,31-33,37,47H,5-11,20-24,41H2,1-4H3,(H2,42,48)(H,43,50)(H,45,49);1H/t31-,32-,33+,37-;/m1./s1. The van der Waals surface area contributed by atoms with Gasteiger partial charge in [0.15, 0.2) is 0 Å². The Bertz CT molecular complexity index is 1640. The van der Waals surface area contributed by atoms with Crippen molar-refractivity contribution < 1.29 is 24.3 Å². The Morgan fingerprint density at radius 2 is 1.57 bits per heavy atom. The molecule has 4 atom stereocenters. The first-order valence-electron chi connectivity index (χ1n) is 18.4. The first-order chi connectivity index (χ1) is 24.7. The number of β-amino-alcohol motifs (C(OH)–C–C–N with tert-alkyl or cyclic N) is 1. The number of nitrogens with zero attached hydrogens (tertiary/aromatic N) is 2. The molecule has 2 aromatic carbocycles. The van der Waals surface area contributed by atoms with Gasteiger partial charge in [0, 0.05) is 38.4 Å². The van der Waals surface area contributed by atoms with Crippen LogP contribution in [-0.2, 0) is 38.6 Å². The second kappa shape index (κ2) is 20.6. The van der Waals surface area contributed by atoms with Crippen LogP contribution in [0.3, 0.4) is 0 Å². The third-order valence-corrected chi connectivity index (χ3v) is 10.6. The number of halogens is 1. The van der Waals surface area contributed by atoms with E-state index in [4.69, 9.17) is 11.5 Å². The highest BCUT2D eigenvalue weighted by Crippen LogP contribution is 2.28. The van der Waals surface area contributed by atoms with Crippen LogP contribution >= 0.6 is 23.7 Å². The maximum atomic E-state index is 13.9. The summed E-state index contributed by atoms with van der Waals surface area (Å²) in [5, 5.41) is 16.4. The minimum Gasteiger partial charge on any atom is -0.391 e. The average Bonchev–Trinajstić information content (AvgIpc) is 3.72. The van der Waals surface area contributed by atoms with Gasteiger partial charge in [0.05, 0.1) is 22.2 Å². The second-order valence-corrected chi connectivity index (χ2v) is 16.0. The third-order valence-electron chi connectivity index (χ3n) is 9.66. The summed E-state index contributed by atoms with van der Waals surface area (Å²) in [5.74, 6) is -1.23. The number of hydrogen-bond acceptors (Lipinski definition) is 8. The summed E-state index contributed by atoms with van der Waals surface area (Å²) in [5.41, 5.74) is 17.9. The molecule has 1 aromatic heterocycles. The monoisotopic (exact) mass is 768 g/mol.